The van der Waals surface area contributed by atoms with E-state index in [0.717, 1.165) is 16.5 Å². The molecule has 0 fully saturated rings. The number of carbonyl (C=O) groups excluding carboxylic acids is 1. The molecule has 1 N–H and O–H groups in total. The van der Waals surface area contributed by atoms with Crippen molar-refractivity contribution < 1.29 is 17.6 Å². The Morgan fingerprint density at radius 3 is 2.69 bits per heavy atom. The van der Waals surface area contributed by atoms with Crippen molar-refractivity contribution in [3.05, 3.63) is 48.2 Å². The molecular formula is C16H15N3O4S3. The molecule has 0 aliphatic rings. The number of carbonyl (C=O) groups is 1. The Hall–Kier alpha value is -2.17. The molecule has 7 nitrogen and oxygen atoms in total. The fraction of sp³-hybridized carbons (Fsp3) is 0.188. The summed E-state index contributed by atoms with van der Waals surface area (Å²) in [6, 6.07) is 10.5. The first kappa shape index (κ1) is 18.6. The number of rotatable bonds is 7. The number of hydrogen-bond donors (Lipinski definition) is 1. The second-order valence-corrected chi connectivity index (χ2v) is 9.31. The maximum atomic E-state index is 12.5. The van der Waals surface area contributed by atoms with Crippen molar-refractivity contribution in [2.75, 3.05) is 11.1 Å². The zero-order valence-electron chi connectivity index (χ0n) is 13.7. The van der Waals surface area contributed by atoms with Crippen molar-refractivity contribution in [1.29, 1.82) is 0 Å². The molecule has 0 spiro atoms. The first-order valence-corrected chi connectivity index (χ1v) is 11.0. The predicted octanol–water partition coefficient (Wildman–Crippen LogP) is 3.72. The summed E-state index contributed by atoms with van der Waals surface area (Å²) in [5.74, 6) is 0.224. The standard InChI is InChI=1S/C16H15N3O4S3/c1-2-10-24-16-19-18-15(25-16)17-14(20)12-8-9-13(23-12)26(21,22)11-6-4-3-5-7-11/h3-9H,2,10H2,1H3,(H,17,18,20). The molecule has 0 saturated heterocycles. The number of anilines is 1. The fourth-order valence-corrected chi connectivity index (χ4v) is 4.84. The van der Waals surface area contributed by atoms with Crippen LogP contribution in [0.1, 0.15) is 23.9 Å². The minimum absolute atomic E-state index is 0.100. The molecule has 10 heteroatoms. The maximum Gasteiger partial charge on any atom is 0.293 e. The van der Waals surface area contributed by atoms with Gasteiger partial charge in [0.25, 0.3) is 5.91 Å². The van der Waals surface area contributed by atoms with E-state index in [-0.39, 0.29) is 15.7 Å². The lowest BCUT2D eigenvalue weighted by atomic mass is 10.4. The van der Waals surface area contributed by atoms with Crippen LogP contribution in [0, 0.1) is 0 Å². The maximum absolute atomic E-state index is 12.5. The van der Waals surface area contributed by atoms with Gasteiger partial charge in [-0.1, -0.05) is 48.2 Å². The summed E-state index contributed by atoms with van der Waals surface area (Å²) in [5.41, 5.74) is 0. The van der Waals surface area contributed by atoms with E-state index in [2.05, 4.69) is 22.4 Å². The monoisotopic (exact) mass is 409 g/mol. The van der Waals surface area contributed by atoms with E-state index >= 15 is 0 Å². The van der Waals surface area contributed by atoms with Crippen LogP contribution in [0.25, 0.3) is 0 Å². The van der Waals surface area contributed by atoms with Crippen molar-refractivity contribution in [2.45, 2.75) is 27.7 Å². The van der Waals surface area contributed by atoms with Gasteiger partial charge in [-0.25, -0.2) is 8.42 Å². The Labute approximate surface area is 158 Å². The van der Waals surface area contributed by atoms with Gasteiger partial charge in [-0.15, -0.1) is 10.2 Å². The van der Waals surface area contributed by atoms with E-state index in [0.29, 0.717) is 5.13 Å². The lowest BCUT2D eigenvalue weighted by Gasteiger charge is -2.00. The summed E-state index contributed by atoms with van der Waals surface area (Å²) in [7, 11) is -3.81. The molecular weight excluding hydrogens is 394 g/mol. The molecule has 0 radical (unpaired) electrons. The number of nitrogens with zero attached hydrogens (tertiary/aromatic N) is 2. The van der Waals surface area contributed by atoms with Gasteiger partial charge in [0.15, 0.2) is 10.1 Å². The topological polar surface area (TPSA) is 102 Å². The van der Waals surface area contributed by atoms with Gasteiger partial charge in [0.05, 0.1) is 4.90 Å². The Morgan fingerprint density at radius 1 is 1.19 bits per heavy atom. The van der Waals surface area contributed by atoms with Gasteiger partial charge in [0.1, 0.15) is 0 Å². The van der Waals surface area contributed by atoms with Crippen molar-refractivity contribution in [3.63, 3.8) is 0 Å². The van der Waals surface area contributed by atoms with Crippen LogP contribution in [0.4, 0.5) is 5.13 Å². The molecule has 136 valence electrons. The van der Waals surface area contributed by atoms with Crippen LogP contribution in [0.15, 0.2) is 61.2 Å². The molecule has 0 saturated carbocycles. The minimum atomic E-state index is -3.81. The number of furan rings is 1. The summed E-state index contributed by atoms with van der Waals surface area (Å²) in [6.07, 6.45) is 1.01. The van der Waals surface area contributed by atoms with E-state index in [1.807, 2.05) is 0 Å². The average Bonchev–Trinajstić information content (AvgIpc) is 3.30. The van der Waals surface area contributed by atoms with E-state index in [9.17, 15) is 13.2 Å². The number of nitrogens with one attached hydrogen (secondary N) is 1. The molecule has 0 atom stereocenters. The molecule has 0 unspecified atom stereocenters. The Balaban J connectivity index is 1.73. The van der Waals surface area contributed by atoms with Crippen LogP contribution in [0.5, 0.6) is 0 Å². The number of benzene rings is 1. The summed E-state index contributed by atoms with van der Waals surface area (Å²) >= 11 is 2.81. The highest BCUT2D eigenvalue weighted by atomic mass is 32.2. The number of amides is 1. The normalized spacial score (nSPS) is 11.4. The van der Waals surface area contributed by atoms with Crippen LogP contribution >= 0.6 is 23.1 Å². The van der Waals surface area contributed by atoms with Crippen LogP contribution in [-0.2, 0) is 9.84 Å². The zero-order valence-corrected chi connectivity index (χ0v) is 16.2. The highest BCUT2D eigenvalue weighted by Gasteiger charge is 2.23. The summed E-state index contributed by atoms with van der Waals surface area (Å²) < 4.78 is 31.0. The van der Waals surface area contributed by atoms with Crippen LogP contribution in [0.3, 0.4) is 0 Å². The first-order chi connectivity index (χ1) is 12.5. The quantitative estimate of drug-likeness (QED) is 0.469. The molecule has 0 aliphatic heterocycles. The average molecular weight is 410 g/mol. The Kier molecular flexibility index (Phi) is 5.74. The van der Waals surface area contributed by atoms with Gasteiger partial charge in [-0.3, -0.25) is 10.1 Å². The first-order valence-electron chi connectivity index (χ1n) is 7.68. The summed E-state index contributed by atoms with van der Waals surface area (Å²) in [6.45, 7) is 2.06. The Bertz CT molecular complexity index is 997. The lowest BCUT2D eigenvalue weighted by Crippen LogP contribution is -2.10. The zero-order chi connectivity index (χ0) is 18.6. The number of thioether (sulfide) groups is 1. The second-order valence-electron chi connectivity index (χ2n) is 5.11. The van der Waals surface area contributed by atoms with Crippen LogP contribution in [0.2, 0.25) is 0 Å². The predicted molar refractivity (Wildman–Crippen MR) is 99.5 cm³/mol. The van der Waals surface area contributed by atoms with Crippen molar-refractivity contribution in [2.24, 2.45) is 0 Å². The smallest absolute Gasteiger partial charge is 0.293 e. The third-order valence-corrected chi connectivity index (χ3v) is 7.00. The molecule has 1 aromatic carbocycles. The minimum Gasteiger partial charge on any atom is -0.439 e. The molecule has 0 bridgehead atoms. The van der Waals surface area contributed by atoms with Gasteiger partial charge < -0.3 is 4.42 Å². The van der Waals surface area contributed by atoms with Gasteiger partial charge in [0.2, 0.25) is 20.1 Å². The largest absolute Gasteiger partial charge is 0.439 e. The van der Waals surface area contributed by atoms with Gasteiger partial charge in [-0.2, -0.15) is 0 Å². The van der Waals surface area contributed by atoms with Crippen LogP contribution in [-0.4, -0.2) is 30.3 Å². The summed E-state index contributed by atoms with van der Waals surface area (Å²) in [5, 5.41) is 10.5. The number of hydrogen-bond acceptors (Lipinski definition) is 8. The highest BCUT2D eigenvalue weighted by molar-refractivity contribution is 8.01. The molecule has 2 heterocycles. The highest BCUT2D eigenvalue weighted by Crippen LogP contribution is 2.27. The van der Waals surface area contributed by atoms with E-state index in [1.165, 1.54) is 35.6 Å². The molecule has 3 aromatic rings. The number of sulfone groups is 1. The molecule has 3 rings (SSSR count). The van der Waals surface area contributed by atoms with Crippen molar-refractivity contribution in [3.8, 4) is 0 Å². The number of aromatic nitrogens is 2. The van der Waals surface area contributed by atoms with Gasteiger partial charge >= 0.3 is 0 Å². The van der Waals surface area contributed by atoms with Gasteiger partial charge in [-0.05, 0) is 30.7 Å². The van der Waals surface area contributed by atoms with Gasteiger partial charge in [0, 0.05) is 5.75 Å². The lowest BCUT2D eigenvalue weighted by molar-refractivity contribution is 0.0991. The Morgan fingerprint density at radius 2 is 1.96 bits per heavy atom. The molecule has 2 aromatic heterocycles. The third kappa shape index (κ3) is 4.14. The summed E-state index contributed by atoms with van der Waals surface area (Å²) in [4.78, 5) is 12.3. The SMILES string of the molecule is CCCSc1nnc(NC(=O)c2ccc(S(=O)(=O)c3ccccc3)o2)s1. The van der Waals surface area contributed by atoms with Crippen LogP contribution < -0.4 is 5.32 Å². The molecule has 0 aliphatic carbocycles. The van der Waals surface area contributed by atoms with E-state index < -0.39 is 15.7 Å². The second kappa shape index (κ2) is 8.02. The molecule has 1 amide bonds. The molecule has 26 heavy (non-hydrogen) atoms. The fourth-order valence-electron chi connectivity index (χ4n) is 1.97. The van der Waals surface area contributed by atoms with Crippen molar-refractivity contribution >= 4 is 44.0 Å². The van der Waals surface area contributed by atoms with Crippen molar-refractivity contribution in [1.82, 2.24) is 10.2 Å². The van der Waals surface area contributed by atoms with E-state index in [1.54, 1.807) is 30.0 Å². The van der Waals surface area contributed by atoms with E-state index in [4.69, 9.17) is 4.42 Å². The third-order valence-electron chi connectivity index (χ3n) is 3.18.